The lowest BCUT2D eigenvalue weighted by Gasteiger charge is -2.42. The zero-order valence-electron chi connectivity index (χ0n) is 12.9. The number of ether oxygens (including phenoxy) is 1. The molecule has 0 saturated carbocycles. The van der Waals surface area contributed by atoms with E-state index in [2.05, 4.69) is 21.2 Å². The van der Waals surface area contributed by atoms with Crippen LogP contribution in [0.25, 0.3) is 0 Å². The highest BCUT2D eigenvalue weighted by Gasteiger charge is 2.52. The van der Waals surface area contributed by atoms with Crippen molar-refractivity contribution in [2.24, 2.45) is 0 Å². The van der Waals surface area contributed by atoms with Gasteiger partial charge in [-0.3, -0.25) is 10.2 Å². The molecule has 8 heteroatoms. The molecule has 2 unspecified atom stereocenters. The molecule has 0 radical (unpaired) electrons. The number of fused-ring (bicyclic) bond motifs is 2. The van der Waals surface area contributed by atoms with Crippen LogP contribution in [0.2, 0.25) is 5.02 Å². The summed E-state index contributed by atoms with van der Waals surface area (Å²) in [6.07, 6.45) is 2.58. The molecule has 0 spiro atoms. The molecule has 2 fully saturated rings. The molecule has 0 aromatic heterocycles. The summed E-state index contributed by atoms with van der Waals surface area (Å²) in [5.74, 6) is 0. The van der Waals surface area contributed by atoms with Crippen LogP contribution in [0.3, 0.4) is 0 Å². The van der Waals surface area contributed by atoms with Crippen molar-refractivity contribution >= 4 is 45.4 Å². The van der Waals surface area contributed by atoms with Crippen molar-refractivity contribution in [3.63, 3.8) is 0 Å². The standard InChI is InChI=1S/C16H18BrClN2O4/c17-12-4-3-10(18)8-13(12)19-14(21)24-9-16-6-1-2-11(5-7-16)20(16)15(22)23/h3-4,8,11H,1-2,5-7,9H2,(H,19,21)(H,22,23). The number of carbonyl (C=O) groups is 2. The third-order valence-electron chi connectivity index (χ3n) is 4.84. The minimum absolute atomic E-state index is 0.0463. The Morgan fingerprint density at radius 1 is 1.42 bits per heavy atom. The lowest BCUT2D eigenvalue weighted by atomic mass is 9.89. The molecule has 0 aliphatic carbocycles. The Morgan fingerprint density at radius 3 is 2.96 bits per heavy atom. The first-order valence-electron chi connectivity index (χ1n) is 7.82. The number of nitrogens with one attached hydrogen (secondary N) is 1. The lowest BCUT2D eigenvalue weighted by Crippen LogP contribution is -2.55. The molecule has 2 atom stereocenters. The number of carbonyl (C=O) groups excluding carboxylic acids is 1. The molecule has 2 amide bonds. The van der Waals surface area contributed by atoms with E-state index in [4.69, 9.17) is 16.3 Å². The van der Waals surface area contributed by atoms with Crippen molar-refractivity contribution in [1.29, 1.82) is 0 Å². The predicted octanol–water partition coefficient (Wildman–Crippen LogP) is 4.72. The van der Waals surface area contributed by atoms with E-state index in [-0.39, 0.29) is 12.6 Å². The number of carboxylic acid groups (broad SMARTS) is 1. The van der Waals surface area contributed by atoms with Crippen LogP contribution in [0, 0.1) is 0 Å². The quantitative estimate of drug-likeness (QED) is 0.746. The van der Waals surface area contributed by atoms with E-state index in [1.807, 2.05) is 0 Å². The van der Waals surface area contributed by atoms with Crippen molar-refractivity contribution in [1.82, 2.24) is 4.90 Å². The van der Waals surface area contributed by atoms with Crippen molar-refractivity contribution < 1.29 is 19.4 Å². The van der Waals surface area contributed by atoms with Crippen LogP contribution in [0.1, 0.15) is 32.1 Å². The second-order valence-electron chi connectivity index (χ2n) is 6.29. The smallest absolute Gasteiger partial charge is 0.411 e. The van der Waals surface area contributed by atoms with Gasteiger partial charge in [0.05, 0.1) is 11.2 Å². The average molecular weight is 418 g/mol. The van der Waals surface area contributed by atoms with E-state index >= 15 is 0 Å². The Balaban J connectivity index is 1.65. The number of hydrogen-bond acceptors (Lipinski definition) is 3. The SMILES string of the molecule is O=C(Nc1cc(Cl)ccc1Br)OCC12CCCC(CC1)N2C(=O)O. The van der Waals surface area contributed by atoms with Gasteiger partial charge >= 0.3 is 12.2 Å². The highest BCUT2D eigenvalue weighted by molar-refractivity contribution is 9.10. The van der Waals surface area contributed by atoms with Gasteiger partial charge in [0.15, 0.2) is 0 Å². The molecule has 2 bridgehead atoms. The van der Waals surface area contributed by atoms with Gasteiger partial charge < -0.3 is 9.84 Å². The molecular weight excluding hydrogens is 400 g/mol. The fourth-order valence-corrected chi connectivity index (χ4v) is 4.29. The minimum Gasteiger partial charge on any atom is -0.465 e. The first-order valence-corrected chi connectivity index (χ1v) is 8.99. The van der Waals surface area contributed by atoms with Crippen LogP contribution >= 0.6 is 27.5 Å². The molecule has 130 valence electrons. The topological polar surface area (TPSA) is 78.9 Å². The third-order valence-corrected chi connectivity index (χ3v) is 5.77. The number of hydrogen-bond donors (Lipinski definition) is 2. The maximum absolute atomic E-state index is 12.1. The number of amides is 2. The Hall–Kier alpha value is -1.47. The number of anilines is 1. The second kappa shape index (κ2) is 6.80. The van der Waals surface area contributed by atoms with Crippen LogP contribution in [0.15, 0.2) is 22.7 Å². The first-order chi connectivity index (χ1) is 11.4. The molecule has 2 saturated heterocycles. The van der Waals surface area contributed by atoms with E-state index in [1.165, 1.54) is 4.90 Å². The normalized spacial score (nSPS) is 25.4. The summed E-state index contributed by atoms with van der Waals surface area (Å²) in [6, 6.07) is 5.09. The second-order valence-corrected chi connectivity index (χ2v) is 7.58. The first kappa shape index (κ1) is 17.4. The van der Waals surface area contributed by atoms with Gasteiger partial charge in [0.2, 0.25) is 0 Å². The van der Waals surface area contributed by atoms with E-state index in [0.717, 1.165) is 32.1 Å². The summed E-state index contributed by atoms with van der Waals surface area (Å²) >= 11 is 9.25. The highest BCUT2D eigenvalue weighted by atomic mass is 79.9. The monoisotopic (exact) mass is 416 g/mol. The van der Waals surface area contributed by atoms with Crippen LogP contribution in [0.5, 0.6) is 0 Å². The predicted molar refractivity (Wildman–Crippen MR) is 93.6 cm³/mol. The van der Waals surface area contributed by atoms with E-state index < -0.39 is 17.7 Å². The number of piperidine rings is 1. The zero-order valence-corrected chi connectivity index (χ0v) is 15.3. The van der Waals surface area contributed by atoms with E-state index in [1.54, 1.807) is 18.2 Å². The summed E-state index contributed by atoms with van der Waals surface area (Å²) in [7, 11) is 0. The molecular formula is C16H18BrClN2O4. The van der Waals surface area contributed by atoms with Gasteiger partial charge in [-0.25, -0.2) is 9.59 Å². The minimum atomic E-state index is -0.932. The number of benzene rings is 1. The number of rotatable bonds is 3. The Bertz CT molecular complexity index is 667. The molecule has 2 N–H and O–H groups in total. The van der Waals surface area contributed by atoms with Gasteiger partial charge in [-0.15, -0.1) is 0 Å². The molecule has 6 nitrogen and oxygen atoms in total. The Kier molecular flexibility index (Phi) is 4.92. The maximum Gasteiger partial charge on any atom is 0.411 e. The summed E-state index contributed by atoms with van der Waals surface area (Å²) in [6.45, 7) is 0.0693. The van der Waals surface area contributed by atoms with Crippen LogP contribution in [0.4, 0.5) is 15.3 Å². The van der Waals surface area contributed by atoms with Gasteiger partial charge in [0, 0.05) is 15.5 Å². The molecule has 24 heavy (non-hydrogen) atoms. The fourth-order valence-electron chi connectivity index (χ4n) is 3.77. The van der Waals surface area contributed by atoms with Crippen LogP contribution in [-0.4, -0.2) is 40.4 Å². The maximum atomic E-state index is 12.1. The van der Waals surface area contributed by atoms with Gasteiger partial charge in [0.25, 0.3) is 0 Å². The molecule has 2 aliphatic heterocycles. The van der Waals surface area contributed by atoms with Gasteiger partial charge in [-0.2, -0.15) is 0 Å². The summed E-state index contributed by atoms with van der Waals surface area (Å²) in [5.41, 5.74) is -0.0782. The van der Waals surface area contributed by atoms with Crippen molar-refractivity contribution in [2.75, 3.05) is 11.9 Å². The summed E-state index contributed by atoms with van der Waals surface area (Å²) in [4.78, 5) is 25.2. The largest absolute Gasteiger partial charge is 0.465 e. The average Bonchev–Trinajstić information content (AvgIpc) is 2.76. The molecule has 2 heterocycles. The van der Waals surface area contributed by atoms with Crippen LogP contribution < -0.4 is 5.32 Å². The molecule has 3 rings (SSSR count). The lowest BCUT2D eigenvalue weighted by molar-refractivity contribution is 0.0110. The summed E-state index contributed by atoms with van der Waals surface area (Å²) in [5, 5.41) is 12.6. The van der Waals surface area contributed by atoms with E-state index in [0.29, 0.717) is 15.2 Å². The molecule has 1 aromatic carbocycles. The number of nitrogens with zero attached hydrogens (tertiary/aromatic N) is 1. The Labute approximate surface area is 153 Å². The zero-order chi connectivity index (χ0) is 17.3. The van der Waals surface area contributed by atoms with Crippen molar-refractivity contribution in [3.8, 4) is 0 Å². The molecule has 1 aromatic rings. The van der Waals surface area contributed by atoms with Crippen molar-refractivity contribution in [2.45, 2.75) is 43.7 Å². The Morgan fingerprint density at radius 2 is 2.21 bits per heavy atom. The van der Waals surface area contributed by atoms with Gasteiger partial charge in [0.1, 0.15) is 6.61 Å². The third kappa shape index (κ3) is 3.32. The van der Waals surface area contributed by atoms with Gasteiger partial charge in [-0.1, -0.05) is 11.6 Å². The van der Waals surface area contributed by atoms with Crippen molar-refractivity contribution in [3.05, 3.63) is 27.7 Å². The van der Waals surface area contributed by atoms with Gasteiger partial charge in [-0.05, 0) is 66.2 Å². The summed E-state index contributed by atoms with van der Waals surface area (Å²) < 4.78 is 6.05. The molecule has 2 aliphatic rings. The fraction of sp³-hybridized carbons (Fsp3) is 0.500. The highest BCUT2D eigenvalue weighted by Crippen LogP contribution is 2.44. The van der Waals surface area contributed by atoms with E-state index in [9.17, 15) is 14.7 Å². The number of halogens is 2. The van der Waals surface area contributed by atoms with Crippen LogP contribution in [-0.2, 0) is 4.74 Å².